The number of ether oxygens (including phenoxy) is 1. The van der Waals surface area contributed by atoms with Crippen molar-refractivity contribution in [2.75, 3.05) is 6.54 Å². The van der Waals surface area contributed by atoms with Crippen LogP contribution in [0, 0.1) is 5.82 Å². The molecule has 3 aromatic rings. The van der Waals surface area contributed by atoms with E-state index in [1.807, 2.05) is 13.0 Å². The standard InChI is InChI=1S/C27H36FN3O3Si/c1-16(2)35(17(3)4,18(5)6)31-11-9-21-24(8-10-29-26(21)31)34-25-12-20-15-30(27(32)33)14-19(7)22(20)13-23(25)28/h8-13,16-19H,14-15H2,1-7H3,(H,32,33). The first kappa shape index (κ1) is 25.2. The molecule has 1 aromatic carbocycles. The van der Waals surface area contributed by atoms with E-state index in [0.29, 0.717) is 28.9 Å². The van der Waals surface area contributed by atoms with Crippen LogP contribution >= 0.6 is 0 Å². The van der Waals surface area contributed by atoms with Gasteiger partial charge in [0.25, 0.3) is 0 Å². The summed E-state index contributed by atoms with van der Waals surface area (Å²) in [5.74, 6) is 0.120. The lowest BCUT2D eigenvalue weighted by atomic mass is 9.91. The van der Waals surface area contributed by atoms with Crippen LogP contribution in [0.1, 0.15) is 65.5 Å². The van der Waals surface area contributed by atoms with E-state index >= 15 is 4.39 Å². The molecule has 0 fully saturated rings. The third kappa shape index (κ3) is 4.11. The molecule has 1 N–H and O–H groups in total. The second kappa shape index (κ2) is 9.30. The zero-order valence-electron chi connectivity index (χ0n) is 21.7. The maximum atomic E-state index is 15.1. The zero-order chi connectivity index (χ0) is 25.7. The predicted octanol–water partition coefficient (Wildman–Crippen LogP) is 7.59. The molecule has 6 nitrogen and oxygen atoms in total. The molecule has 1 aliphatic heterocycles. The minimum absolute atomic E-state index is 0.0822. The van der Waals surface area contributed by atoms with Crippen LogP contribution in [0.15, 0.2) is 36.7 Å². The van der Waals surface area contributed by atoms with Crippen molar-refractivity contribution >= 4 is 25.4 Å². The molecule has 1 aliphatic rings. The molecule has 0 radical (unpaired) electrons. The highest BCUT2D eigenvalue weighted by atomic mass is 28.3. The smallest absolute Gasteiger partial charge is 0.407 e. The Bertz CT molecular complexity index is 1230. The predicted molar refractivity (Wildman–Crippen MR) is 140 cm³/mol. The van der Waals surface area contributed by atoms with Gasteiger partial charge in [0, 0.05) is 19.3 Å². The van der Waals surface area contributed by atoms with Gasteiger partial charge < -0.3 is 19.0 Å². The van der Waals surface area contributed by atoms with Gasteiger partial charge in [-0.2, -0.15) is 0 Å². The van der Waals surface area contributed by atoms with Gasteiger partial charge in [0.05, 0.1) is 5.39 Å². The maximum absolute atomic E-state index is 15.1. The van der Waals surface area contributed by atoms with E-state index in [1.165, 1.54) is 11.0 Å². The molecule has 1 unspecified atom stereocenters. The van der Waals surface area contributed by atoms with Gasteiger partial charge in [-0.15, -0.1) is 0 Å². The molecule has 0 bridgehead atoms. The van der Waals surface area contributed by atoms with Crippen molar-refractivity contribution in [3.63, 3.8) is 0 Å². The van der Waals surface area contributed by atoms with E-state index in [4.69, 9.17) is 9.72 Å². The molecule has 35 heavy (non-hydrogen) atoms. The molecule has 4 rings (SSSR count). The zero-order valence-corrected chi connectivity index (χ0v) is 22.7. The number of nitrogens with zero attached hydrogens (tertiary/aromatic N) is 3. The van der Waals surface area contributed by atoms with Crippen LogP contribution in [0.25, 0.3) is 11.0 Å². The van der Waals surface area contributed by atoms with Crippen molar-refractivity contribution in [3.05, 3.63) is 53.6 Å². The van der Waals surface area contributed by atoms with E-state index in [2.05, 4.69) is 52.0 Å². The Kier molecular flexibility index (Phi) is 6.70. The number of hydrogen-bond acceptors (Lipinski definition) is 3. The molecule has 0 aliphatic carbocycles. The Morgan fingerprint density at radius 2 is 1.77 bits per heavy atom. The third-order valence-electron chi connectivity index (χ3n) is 7.81. The van der Waals surface area contributed by atoms with Gasteiger partial charge in [-0.3, -0.25) is 0 Å². The molecule has 3 heterocycles. The van der Waals surface area contributed by atoms with Gasteiger partial charge in [0.15, 0.2) is 19.8 Å². The maximum Gasteiger partial charge on any atom is 0.407 e. The summed E-state index contributed by atoms with van der Waals surface area (Å²) < 4.78 is 23.7. The minimum Gasteiger partial charge on any atom is -0.465 e. The summed E-state index contributed by atoms with van der Waals surface area (Å²) in [6.07, 6.45) is 2.88. The van der Waals surface area contributed by atoms with E-state index in [9.17, 15) is 9.90 Å². The molecular formula is C27H36FN3O3Si. The molecule has 1 atom stereocenters. The molecule has 1 amide bonds. The number of carbonyl (C=O) groups is 1. The number of rotatable bonds is 6. The fourth-order valence-electron chi connectivity index (χ4n) is 6.50. The quantitative estimate of drug-likeness (QED) is 0.356. The summed E-state index contributed by atoms with van der Waals surface area (Å²) in [5.41, 5.74) is 3.98. The van der Waals surface area contributed by atoms with Crippen molar-refractivity contribution in [2.24, 2.45) is 0 Å². The summed E-state index contributed by atoms with van der Waals surface area (Å²) >= 11 is 0. The minimum atomic E-state index is -2.02. The summed E-state index contributed by atoms with van der Waals surface area (Å²) in [7, 11) is -2.02. The number of fused-ring (bicyclic) bond motifs is 2. The molecule has 2 aromatic heterocycles. The van der Waals surface area contributed by atoms with E-state index in [0.717, 1.165) is 22.2 Å². The van der Waals surface area contributed by atoms with Gasteiger partial charge in [0.1, 0.15) is 11.4 Å². The largest absolute Gasteiger partial charge is 0.465 e. The number of halogens is 1. The lowest BCUT2D eigenvalue weighted by molar-refractivity contribution is 0.135. The topological polar surface area (TPSA) is 67.6 Å². The number of amides is 1. The molecule has 0 spiro atoms. The van der Waals surface area contributed by atoms with Gasteiger partial charge in [-0.1, -0.05) is 48.5 Å². The molecule has 188 valence electrons. The molecular weight excluding hydrogens is 461 g/mol. The van der Waals surface area contributed by atoms with Crippen LogP contribution in [-0.2, 0) is 6.54 Å². The van der Waals surface area contributed by atoms with Crippen molar-refractivity contribution in [1.29, 1.82) is 0 Å². The van der Waals surface area contributed by atoms with Crippen molar-refractivity contribution in [2.45, 2.75) is 77.6 Å². The fraction of sp³-hybridized carbons (Fsp3) is 0.481. The summed E-state index contributed by atoms with van der Waals surface area (Å²) in [5, 5.41) is 10.3. The highest BCUT2D eigenvalue weighted by Crippen LogP contribution is 2.45. The van der Waals surface area contributed by atoms with Crippen LogP contribution in [0.5, 0.6) is 11.5 Å². The average molecular weight is 498 g/mol. The van der Waals surface area contributed by atoms with Crippen LogP contribution < -0.4 is 4.74 Å². The lowest BCUT2D eigenvalue weighted by Gasteiger charge is -2.44. The molecule has 8 heteroatoms. The number of benzene rings is 1. The number of hydrogen-bond donors (Lipinski definition) is 1. The van der Waals surface area contributed by atoms with Gasteiger partial charge in [-0.05, 0) is 64.1 Å². The average Bonchev–Trinajstić information content (AvgIpc) is 3.19. The first-order chi connectivity index (χ1) is 16.5. The third-order valence-corrected chi connectivity index (χ3v) is 14.6. The van der Waals surface area contributed by atoms with E-state index < -0.39 is 20.1 Å². The van der Waals surface area contributed by atoms with Crippen molar-refractivity contribution < 1.29 is 19.0 Å². The number of pyridine rings is 1. The second-order valence-electron chi connectivity index (χ2n) is 10.7. The normalized spacial score (nSPS) is 16.4. The lowest BCUT2D eigenvalue weighted by Crippen LogP contribution is -2.51. The Morgan fingerprint density at radius 1 is 1.11 bits per heavy atom. The Balaban J connectivity index is 1.78. The summed E-state index contributed by atoms with van der Waals surface area (Å²) in [6, 6.07) is 6.93. The second-order valence-corrected chi connectivity index (χ2v) is 16.5. The van der Waals surface area contributed by atoms with E-state index in [1.54, 1.807) is 18.3 Å². The van der Waals surface area contributed by atoms with Crippen LogP contribution in [0.3, 0.4) is 0 Å². The van der Waals surface area contributed by atoms with Crippen molar-refractivity contribution in [3.8, 4) is 11.5 Å². The van der Waals surface area contributed by atoms with Crippen molar-refractivity contribution in [1.82, 2.24) is 14.1 Å². The van der Waals surface area contributed by atoms with E-state index in [-0.39, 0.29) is 18.2 Å². The monoisotopic (exact) mass is 497 g/mol. The van der Waals surface area contributed by atoms with Crippen LogP contribution in [0.4, 0.5) is 9.18 Å². The molecule has 0 saturated heterocycles. The Hall–Kier alpha value is -2.87. The fourth-order valence-corrected chi connectivity index (χ4v) is 13.0. The number of carboxylic acid groups (broad SMARTS) is 1. The highest BCUT2D eigenvalue weighted by Gasteiger charge is 2.46. The first-order valence-electron chi connectivity index (χ1n) is 12.4. The Labute approximate surface area is 207 Å². The molecule has 0 saturated carbocycles. The van der Waals surface area contributed by atoms with Crippen LogP contribution in [0.2, 0.25) is 16.6 Å². The Morgan fingerprint density at radius 3 is 2.37 bits per heavy atom. The summed E-state index contributed by atoms with van der Waals surface area (Å²) in [4.78, 5) is 17.6. The number of aromatic nitrogens is 2. The SMILES string of the molecule is CC1CN(C(=O)O)Cc2cc(Oc3ccnc4c3ccn4[Si](C(C)C)(C(C)C)C(C)C)c(F)cc21. The van der Waals surface area contributed by atoms with Crippen LogP contribution in [-0.4, -0.2) is 40.1 Å². The van der Waals surface area contributed by atoms with Gasteiger partial charge >= 0.3 is 6.09 Å². The summed E-state index contributed by atoms with van der Waals surface area (Å²) in [6.45, 7) is 16.3. The first-order valence-corrected chi connectivity index (χ1v) is 14.6. The highest BCUT2D eigenvalue weighted by molar-refractivity contribution is 6.82. The van der Waals surface area contributed by atoms with Gasteiger partial charge in [-0.25, -0.2) is 14.2 Å². The van der Waals surface area contributed by atoms with Gasteiger partial charge in [0.2, 0.25) is 0 Å².